The summed E-state index contributed by atoms with van der Waals surface area (Å²) in [6, 6.07) is 0. The minimum atomic E-state index is -0.0690. The average molecular weight is 177 g/mol. The van der Waals surface area contributed by atoms with E-state index in [0.29, 0.717) is 6.54 Å². The lowest BCUT2D eigenvalue weighted by Gasteiger charge is -1.90. The van der Waals surface area contributed by atoms with Gasteiger partial charge in [0.25, 0.3) is 0 Å². The van der Waals surface area contributed by atoms with Gasteiger partial charge in [-0.05, 0) is 0 Å². The first-order chi connectivity index (χ1) is 6.18. The molecular formula is C9H11N3O. The van der Waals surface area contributed by atoms with Gasteiger partial charge >= 0.3 is 0 Å². The number of amides is 1. The zero-order chi connectivity index (χ0) is 9.68. The largest absolute Gasteiger partial charge is 0.345 e. The van der Waals surface area contributed by atoms with Gasteiger partial charge in [0.05, 0.1) is 18.3 Å². The van der Waals surface area contributed by atoms with Crippen LogP contribution in [0, 0.1) is 11.8 Å². The van der Waals surface area contributed by atoms with Crippen LogP contribution in [0.25, 0.3) is 0 Å². The Morgan fingerprint density at radius 1 is 1.77 bits per heavy atom. The van der Waals surface area contributed by atoms with Gasteiger partial charge in [-0.2, -0.15) is 5.10 Å². The van der Waals surface area contributed by atoms with Gasteiger partial charge in [-0.3, -0.25) is 9.48 Å². The number of nitrogens with one attached hydrogen (secondary N) is 1. The van der Waals surface area contributed by atoms with Crippen LogP contribution >= 0.6 is 0 Å². The number of aryl methyl sites for hydroxylation is 1. The lowest BCUT2D eigenvalue weighted by molar-refractivity contribution is -0.118. The first kappa shape index (κ1) is 9.33. The van der Waals surface area contributed by atoms with Crippen molar-refractivity contribution in [2.45, 2.75) is 6.92 Å². The third-order valence-electron chi connectivity index (χ3n) is 1.36. The van der Waals surface area contributed by atoms with Crippen molar-refractivity contribution in [3.8, 4) is 11.8 Å². The topological polar surface area (TPSA) is 46.9 Å². The molecule has 1 N–H and O–H groups in total. The number of hydrogen-bond donors (Lipinski definition) is 1. The van der Waals surface area contributed by atoms with Crippen LogP contribution in [-0.4, -0.2) is 22.2 Å². The number of aromatic nitrogens is 2. The van der Waals surface area contributed by atoms with Crippen LogP contribution in [0.4, 0.5) is 0 Å². The highest BCUT2D eigenvalue weighted by molar-refractivity contribution is 5.73. The monoisotopic (exact) mass is 177 g/mol. The maximum Gasteiger partial charge on any atom is 0.217 e. The summed E-state index contributed by atoms with van der Waals surface area (Å²) >= 11 is 0. The molecule has 0 spiro atoms. The Bertz CT molecular complexity index is 356. The molecule has 0 saturated carbocycles. The molecule has 0 atom stereocenters. The van der Waals surface area contributed by atoms with Gasteiger partial charge in [0.1, 0.15) is 0 Å². The summed E-state index contributed by atoms with van der Waals surface area (Å²) in [5, 5.41) is 6.54. The normalized spacial score (nSPS) is 8.77. The van der Waals surface area contributed by atoms with Crippen LogP contribution in [-0.2, 0) is 11.8 Å². The molecule has 0 unspecified atom stereocenters. The average Bonchev–Trinajstić information content (AvgIpc) is 2.45. The standard InChI is InChI=1S/C9H11N3O/c1-8(13)10-5-3-4-9-6-11-12(2)7-9/h6-7H,5H2,1-2H3,(H,10,13). The molecule has 0 bridgehead atoms. The highest BCUT2D eigenvalue weighted by Crippen LogP contribution is 1.91. The van der Waals surface area contributed by atoms with Crippen molar-refractivity contribution in [1.29, 1.82) is 0 Å². The molecule has 13 heavy (non-hydrogen) atoms. The predicted octanol–water partition coefficient (Wildman–Crippen LogP) is -0.0923. The number of carbonyl (C=O) groups excluding carboxylic acids is 1. The molecule has 0 fully saturated rings. The molecule has 1 aromatic heterocycles. The second-order valence-corrected chi connectivity index (χ2v) is 2.61. The SMILES string of the molecule is CC(=O)NCC#Cc1cnn(C)c1. The lowest BCUT2D eigenvalue weighted by atomic mass is 10.3. The maximum atomic E-state index is 10.5. The Labute approximate surface area is 76.9 Å². The van der Waals surface area contributed by atoms with Crippen LogP contribution in [0.2, 0.25) is 0 Å². The van der Waals surface area contributed by atoms with E-state index in [-0.39, 0.29) is 5.91 Å². The molecule has 0 aliphatic heterocycles. The van der Waals surface area contributed by atoms with Crippen molar-refractivity contribution < 1.29 is 4.79 Å². The number of nitrogens with zero attached hydrogens (tertiary/aromatic N) is 2. The van der Waals surface area contributed by atoms with Gasteiger partial charge in [0.15, 0.2) is 0 Å². The lowest BCUT2D eigenvalue weighted by Crippen LogP contribution is -2.19. The van der Waals surface area contributed by atoms with E-state index >= 15 is 0 Å². The van der Waals surface area contributed by atoms with Gasteiger partial charge in [-0.25, -0.2) is 0 Å². The quantitative estimate of drug-likeness (QED) is 0.609. The summed E-state index contributed by atoms with van der Waals surface area (Å²) in [5.74, 6) is 5.61. The molecule has 4 nitrogen and oxygen atoms in total. The molecule has 1 aromatic rings. The number of carbonyl (C=O) groups is 1. The molecule has 0 radical (unpaired) electrons. The fraction of sp³-hybridized carbons (Fsp3) is 0.333. The molecule has 68 valence electrons. The molecule has 4 heteroatoms. The van der Waals surface area contributed by atoms with Gasteiger partial charge < -0.3 is 5.32 Å². The van der Waals surface area contributed by atoms with E-state index in [2.05, 4.69) is 22.3 Å². The van der Waals surface area contributed by atoms with Crippen molar-refractivity contribution in [3.63, 3.8) is 0 Å². The molecule has 1 rings (SSSR count). The van der Waals surface area contributed by atoms with E-state index in [4.69, 9.17) is 0 Å². The van der Waals surface area contributed by atoms with E-state index in [9.17, 15) is 4.79 Å². The summed E-state index contributed by atoms with van der Waals surface area (Å²) in [6.45, 7) is 1.84. The molecule has 0 saturated heterocycles. The number of rotatable bonds is 1. The van der Waals surface area contributed by atoms with Crippen LogP contribution < -0.4 is 5.32 Å². The van der Waals surface area contributed by atoms with Crippen LogP contribution in [0.5, 0.6) is 0 Å². The smallest absolute Gasteiger partial charge is 0.217 e. The molecular weight excluding hydrogens is 166 g/mol. The van der Waals surface area contributed by atoms with Gasteiger partial charge in [-0.1, -0.05) is 11.8 Å². The second-order valence-electron chi connectivity index (χ2n) is 2.61. The Hall–Kier alpha value is -1.76. The second kappa shape index (κ2) is 4.31. The van der Waals surface area contributed by atoms with Crippen molar-refractivity contribution >= 4 is 5.91 Å². The Balaban J connectivity index is 2.44. The fourth-order valence-electron chi connectivity index (χ4n) is 0.801. The Morgan fingerprint density at radius 3 is 3.08 bits per heavy atom. The van der Waals surface area contributed by atoms with Crippen molar-refractivity contribution in [2.75, 3.05) is 6.54 Å². The summed E-state index contributed by atoms with van der Waals surface area (Å²) < 4.78 is 1.68. The summed E-state index contributed by atoms with van der Waals surface area (Å²) in [4.78, 5) is 10.5. The van der Waals surface area contributed by atoms with Crippen LogP contribution in [0.1, 0.15) is 12.5 Å². The summed E-state index contributed by atoms with van der Waals surface area (Å²) in [7, 11) is 1.83. The van der Waals surface area contributed by atoms with E-state index in [1.165, 1.54) is 6.92 Å². The minimum absolute atomic E-state index is 0.0690. The highest BCUT2D eigenvalue weighted by Gasteiger charge is 1.88. The van der Waals surface area contributed by atoms with E-state index in [1.54, 1.807) is 10.9 Å². The Morgan fingerprint density at radius 2 is 2.54 bits per heavy atom. The zero-order valence-electron chi connectivity index (χ0n) is 7.66. The molecule has 0 aromatic carbocycles. The van der Waals surface area contributed by atoms with Crippen LogP contribution in [0.15, 0.2) is 12.4 Å². The molecule has 1 heterocycles. The number of hydrogen-bond acceptors (Lipinski definition) is 2. The van der Waals surface area contributed by atoms with E-state index in [1.807, 2.05) is 13.2 Å². The highest BCUT2D eigenvalue weighted by atomic mass is 16.1. The fourth-order valence-corrected chi connectivity index (χ4v) is 0.801. The molecule has 0 aliphatic carbocycles. The van der Waals surface area contributed by atoms with Crippen molar-refractivity contribution in [1.82, 2.24) is 15.1 Å². The van der Waals surface area contributed by atoms with E-state index < -0.39 is 0 Å². The summed E-state index contributed by atoms with van der Waals surface area (Å²) in [6.07, 6.45) is 3.50. The Kier molecular flexibility index (Phi) is 3.09. The third-order valence-corrected chi connectivity index (χ3v) is 1.36. The zero-order valence-corrected chi connectivity index (χ0v) is 7.66. The molecule has 0 aliphatic rings. The van der Waals surface area contributed by atoms with Crippen LogP contribution in [0.3, 0.4) is 0 Å². The van der Waals surface area contributed by atoms with Gasteiger partial charge in [0, 0.05) is 20.2 Å². The summed E-state index contributed by atoms with van der Waals surface area (Å²) in [5.41, 5.74) is 0.854. The third kappa shape index (κ3) is 3.43. The first-order valence-electron chi connectivity index (χ1n) is 3.90. The van der Waals surface area contributed by atoms with Gasteiger partial charge in [0.2, 0.25) is 5.91 Å². The predicted molar refractivity (Wildman–Crippen MR) is 48.8 cm³/mol. The maximum absolute atomic E-state index is 10.5. The van der Waals surface area contributed by atoms with E-state index in [0.717, 1.165) is 5.56 Å². The van der Waals surface area contributed by atoms with Gasteiger partial charge in [-0.15, -0.1) is 0 Å². The van der Waals surface area contributed by atoms with Crippen molar-refractivity contribution in [3.05, 3.63) is 18.0 Å². The van der Waals surface area contributed by atoms with Crippen molar-refractivity contribution in [2.24, 2.45) is 7.05 Å². The minimum Gasteiger partial charge on any atom is -0.345 e. The molecule has 1 amide bonds. The first-order valence-corrected chi connectivity index (χ1v) is 3.90.